The lowest BCUT2D eigenvalue weighted by Crippen LogP contribution is -2.23. The molecule has 0 saturated heterocycles. The maximum Gasteiger partial charge on any atom is 0.312 e. The zero-order valence-corrected chi connectivity index (χ0v) is 11.3. The van der Waals surface area contributed by atoms with Crippen LogP contribution in [0.4, 0.5) is 0 Å². The first-order chi connectivity index (χ1) is 9.08. The second-order valence-corrected chi connectivity index (χ2v) is 3.96. The molecule has 1 unspecified atom stereocenters. The summed E-state index contributed by atoms with van der Waals surface area (Å²) in [5, 5.41) is 9.26. The fourth-order valence-electron chi connectivity index (χ4n) is 1.96. The molecule has 0 aromatic heterocycles. The van der Waals surface area contributed by atoms with Crippen LogP contribution in [0.15, 0.2) is 12.1 Å². The summed E-state index contributed by atoms with van der Waals surface area (Å²) in [4.78, 5) is 11.3. The average Bonchev–Trinajstić information content (AvgIpc) is 2.40. The second kappa shape index (κ2) is 6.96. The van der Waals surface area contributed by atoms with Crippen LogP contribution in [-0.2, 0) is 16.1 Å². The van der Waals surface area contributed by atoms with Crippen molar-refractivity contribution in [2.75, 3.05) is 27.9 Å². The van der Waals surface area contributed by atoms with Gasteiger partial charge < -0.3 is 25.1 Å². The Morgan fingerprint density at radius 3 is 2.42 bits per heavy atom. The minimum Gasteiger partial charge on any atom is -0.497 e. The van der Waals surface area contributed by atoms with Crippen molar-refractivity contribution in [1.29, 1.82) is 0 Å². The molecule has 0 aliphatic rings. The van der Waals surface area contributed by atoms with Gasteiger partial charge in [-0.15, -0.1) is 0 Å². The second-order valence-electron chi connectivity index (χ2n) is 3.96. The lowest BCUT2D eigenvalue weighted by atomic mass is 9.93. The Hall–Kier alpha value is -1.79. The summed E-state index contributed by atoms with van der Waals surface area (Å²) in [5.41, 5.74) is 6.78. The summed E-state index contributed by atoms with van der Waals surface area (Å²) in [6, 6.07) is 3.37. The van der Waals surface area contributed by atoms with E-state index in [4.69, 9.17) is 19.9 Å². The number of methoxy groups -OCH3 is 3. The molecule has 6 heteroatoms. The van der Waals surface area contributed by atoms with Gasteiger partial charge in [0.15, 0.2) is 0 Å². The van der Waals surface area contributed by atoms with Gasteiger partial charge in [0.05, 0.1) is 26.7 Å². The van der Waals surface area contributed by atoms with Crippen LogP contribution in [0.5, 0.6) is 11.5 Å². The highest BCUT2D eigenvalue weighted by Crippen LogP contribution is 2.34. The average molecular weight is 269 g/mol. The Morgan fingerprint density at radius 1 is 1.32 bits per heavy atom. The first-order valence-corrected chi connectivity index (χ1v) is 5.75. The third-order valence-corrected chi connectivity index (χ3v) is 2.84. The Kier molecular flexibility index (Phi) is 5.59. The van der Waals surface area contributed by atoms with Gasteiger partial charge in [0.2, 0.25) is 0 Å². The van der Waals surface area contributed by atoms with Gasteiger partial charge in [-0.3, -0.25) is 4.79 Å². The van der Waals surface area contributed by atoms with Crippen molar-refractivity contribution in [2.45, 2.75) is 12.5 Å². The van der Waals surface area contributed by atoms with E-state index in [0.717, 1.165) is 0 Å². The van der Waals surface area contributed by atoms with Crippen LogP contribution in [0.2, 0.25) is 0 Å². The molecule has 0 bridgehead atoms. The van der Waals surface area contributed by atoms with Crippen molar-refractivity contribution >= 4 is 5.97 Å². The number of carboxylic acids is 1. The molecule has 3 N–H and O–H groups in total. The smallest absolute Gasteiger partial charge is 0.312 e. The van der Waals surface area contributed by atoms with Gasteiger partial charge in [0.25, 0.3) is 0 Å². The quantitative estimate of drug-likeness (QED) is 0.766. The van der Waals surface area contributed by atoms with E-state index in [2.05, 4.69) is 0 Å². The number of aliphatic carboxylic acids is 1. The maximum absolute atomic E-state index is 11.3. The van der Waals surface area contributed by atoms with E-state index in [9.17, 15) is 9.90 Å². The predicted molar refractivity (Wildman–Crippen MR) is 69.7 cm³/mol. The summed E-state index contributed by atoms with van der Waals surface area (Å²) in [6.45, 7) is 0.238. The SMILES string of the molecule is COCc1cc(OC)cc(OC)c1C(CN)C(=O)O. The Labute approximate surface area is 112 Å². The predicted octanol–water partition coefficient (Wildman–Crippen LogP) is 0.977. The Morgan fingerprint density at radius 2 is 2.00 bits per heavy atom. The van der Waals surface area contributed by atoms with Crippen LogP contribution in [-0.4, -0.2) is 38.9 Å². The Bertz CT molecular complexity index is 447. The van der Waals surface area contributed by atoms with Crippen molar-refractivity contribution in [3.05, 3.63) is 23.3 Å². The van der Waals surface area contributed by atoms with Crippen molar-refractivity contribution in [1.82, 2.24) is 0 Å². The summed E-state index contributed by atoms with van der Waals surface area (Å²) in [6.07, 6.45) is 0. The fourth-order valence-corrected chi connectivity index (χ4v) is 1.96. The molecule has 0 heterocycles. The molecule has 0 aliphatic heterocycles. The van der Waals surface area contributed by atoms with E-state index in [1.165, 1.54) is 21.3 Å². The maximum atomic E-state index is 11.3. The first kappa shape index (κ1) is 15.3. The standard InChI is InChI=1S/C13H19NO5/c1-17-7-8-4-9(18-2)5-11(19-3)12(8)10(6-14)13(15)16/h4-5,10H,6-7,14H2,1-3H3,(H,15,16). The molecule has 106 valence electrons. The van der Waals surface area contributed by atoms with Crippen LogP contribution < -0.4 is 15.2 Å². The molecule has 1 aromatic rings. The molecule has 0 amide bonds. The molecular weight excluding hydrogens is 250 g/mol. The molecule has 0 radical (unpaired) electrons. The zero-order valence-electron chi connectivity index (χ0n) is 11.3. The Balaban J connectivity index is 3.43. The molecule has 0 saturated carbocycles. The number of rotatable bonds is 7. The molecular formula is C13H19NO5. The van der Waals surface area contributed by atoms with E-state index in [1.807, 2.05) is 0 Å². The summed E-state index contributed by atoms with van der Waals surface area (Å²) in [7, 11) is 4.54. The monoisotopic (exact) mass is 269 g/mol. The number of hydrogen-bond acceptors (Lipinski definition) is 5. The molecule has 1 aromatic carbocycles. The molecule has 1 atom stereocenters. The number of nitrogens with two attached hydrogens (primary N) is 1. The van der Waals surface area contributed by atoms with Gasteiger partial charge in [-0.25, -0.2) is 0 Å². The van der Waals surface area contributed by atoms with E-state index in [-0.39, 0.29) is 13.2 Å². The highest BCUT2D eigenvalue weighted by molar-refractivity contribution is 5.78. The molecule has 1 rings (SSSR count). The van der Waals surface area contributed by atoms with Crippen LogP contribution in [0.25, 0.3) is 0 Å². The lowest BCUT2D eigenvalue weighted by molar-refractivity contribution is -0.138. The van der Waals surface area contributed by atoms with Crippen LogP contribution in [0, 0.1) is 0 Å². The van der Waals surface area contributed by atoms with Crippen LogP contribution in [0.3, 0.4) is 0 Å². The van der Waals surface area contributed by atoms with Crippen molar-refractivity contribution in [3.63, 3.8) is 0 Å². The van der Waals surface area contributed by atoms with Crippen molar-refractivity contribution in [3.8, 4) is 11.5 Å². The largest absolute Gasteiger partial charge is 0.497 e. The number of carbonyl (C=O) groups is 1. The van der Waals surface area contributed by atoms with E-state index < -0.39 is 11.9 Å². The summed E-state index contributed by atoms with van der Waals surface area (Å²) < 4.78 is 15.5. The lowest BCUT2D eigenvalue weighted by Gasteiger charge is -2.19. The number of hydrogen-bond donors (Lipinski definition) is 2. The van der Waals surface area contributed by atoms with Gasteiger partial charge in [-0.1, -0.05) is 0 Å². The summed E-state index contributed by atoms with van der Waals surface area (Å²) >= 11 is 0. The molecule has 0 fully saturated rings. The van der Waals surface area contributed by atoms with Crippen molar-refractivity contribution in [2.24, 2.45) is 5.73 Å². The summed E-state index contributed by atoms with van der Waals surface area (Å²) in [5.74, 6) is -0.826. The van der Waals surface area contributed by atoms with Crippen molar-refractivity contribution < 1.29 is 24.1 Å². The van der Waals surface area contributed by atoms with Gasteiger partial charge in [0.1, 0.15) is 11.5 Å². The normalized spacial score (nSPS) is 12.0. The first-order valence-electron chi connectivity index (χ1n) is 5.75. The van der Waals surface area contributed by atoms with Gasteiger partial charge >= 0.3 is 5.97 Å². The molecule has 6 nitrogen and oxygen atoms in total. The molecule has 19 heavy (non-hydrogen) atoms. The van der Waals surface area contributed by atoms with Crippen LogP contribution in [0.1, 0.15) is 17.0 Å². The van der Waals surface area contributed by atoms with E-state index >= 15 is 0 Å². The number of benzene rings is 1. The zero-order chi connectivity index (χ0) is 14.4. The third kappa shape index (κ3) is 3.36. The highest BCUT2D eigenvalue weighted by atomic mass is 16.5. The van der Waals surface area contributed by atoms with Gasteiger partial charge in [-0.05, 0) is 11.6 Å². The van der Waals surface area contributed by atoms with Gasteiger partial charge in [0, 0.05) is 25.3 Å². The minimum absolute atomic E-state index is 0.0191. The number of ether oxygens (including phenoxy) is 3. The highest BCUT2D eigenvalue weighted by Gasteiger charge is 2.26. The number of carboxylic acid groups (broad SMARTS) is 1. The molecule has 0 spiro atoms. The molecule has 0 aliphatic carbocycles. The van der Waals surface area contributed by atoms with Crippen LogP contribution >= 0.6 is 0 Å². The third-order valence-electron chi connectivity index (χ3n) is 2.84. The topological polar surface area (TPSA) is 91.0 Å². The minimum atomic E-state index is -0.997. The van der Waals surface area contributed by atoms with E-state index in [1.54, 1.807) is 12.1 Å². The fraction of sp³-hybridized carbons (Fsp3) is 0.462. The van der Waals surface area contributed by atoms with Gasteiger partial charge in [-0.2, -0.15) is 0 Å². The van der Waals surface area contributed by atoms with E-state index in [0.29, 0.717) is 22.6 Å².